The van der Waals surface area contributed by atoms with Crippen molar-refractivity contribution in [2.75, 3.05) is 7.11 Å². The van der Waals surface area contributed by atoms with Crippen LogP contribution in [0.2, 0.25) is 0 Å². The van der Waals surface area contributed by atoms with E-state index in [0.29, 0.717) is 6.42 Å². The summed E-state index contributed by atoms with van der Waals surface area (Å²) in [6, 6.07) is 0. The molecule has 0 aromatic heterocycles. The SMILES string of the molecule is CCCCCCCCCCCCCCCCC1(OC)C=CC(C(C)C(=O)O)OO1. The number of aliphatic carboxylic acids is 1. The van der Waals surface area contributed by atoms with E-state index in [1.54, 1.807) is 20.1 Å². The quantitative estimate of drug-likeness (QED) is 0.152. The Morgan fingerprint density at radius 2 is 1.45 bits per heavy atom. The fourth-order valence-electron chi connectivity index (χ4n) is 3.72. The number of hydrogen-bond acceptors (Lipinski definition) is 4. The maximum atomic E-state index is 11.0. The van der Waals surface area contributed by atoms with Gasteiger partial charge in [0.05, 0.1) is 5.92 Å². The molecule has 3 atom stereocenters. The molecule has 3 unspecified atom stereocenters. The Morgan fingerprint density at radius 3 is 1.83 bits per heavy atom. The second kappa shape index (κ2) is 15.9. The summed E-state index contributed by atoms with van der Waals surface area (Å²) in [4.78, 5) is 21.8. The molecule has 0 radical (unpaired) electrons. The first kappa shape index (κ1) is 26.1. The molecule has 1 aliphatic rings. The van der Waals surface area contributed by atoms with Gasteiger partial charge in [-0.1, -0.05) is 96.5 Å². The summed E-state index contributed by atoms with van der Waals surface area (Å²) >= 11 is 0. The van der Waals surface area contributed by atoms with Gasteiger partial charge in [0, 0.05) is 13.5 Å². The highest BCUT2D eigenvalue weighted by Crippen LogP contribution is 2.29. The first-order valence-electron chi connectivity index (χ1n) is 11.9. The third-order valence-electron chi connectivity index (χ3n) is 5.95. The lowest BCUT2D eigenvalue weighted by Crippen LogP contribution is -2.40. The average Bonchev–Trinajstić information content (AvgIpc) is 2.73. The van der Waals surface area contributed by atoms with Crippen molar-refractivity contribution in [1.82, 2.24) is 0 Å². The lowest BCUT2D eigenvalue weighted by atomic mass is 10.00. The van der Waals surface area contributed by atoms with Crippen LogP contribution in [0.3, 0.4) is 0 Å². The van der Waals surface area contributed by atoms with Gasteiger partial charge in [-0.3, -0.25) is 4.79 Å². The fourth-order valence-corrected chi connectivity index (χ4v) is 3.72. The van der Waals surface area contributed by atoms with Crippen LogP contribution >= 0.6 is 0 Å². The maximum Gasteiger partial charge on any atom is 0.309 e. The molecule has 170 valence electrons. The normalized spacial score (nSPS) is 22.7. The zero-order valence-corrected chi connectivity index (χ0v) is 19.0. The molecule has 0 amide bonds. The van der Waals surface area contributed by atoms with Crippen molar-refractivity contribution >= 4 is 5.97 Å². The molecule has 0 bridgehead atoms. The maximum absolute atomic E-state index is 11.0. The zero-order valence-electron chi connectivity index (χ0n) is 19.0. The summed E-state index contributed by atoms with van der Waals surface area (Å²) in [6.07, 6.45) is 22.2. The van der Waals surface area contributed by atoms with Gasteiger partial charge in [-0.05, 0) is 19.4 Å². The Bertz CT molecular complexity index is 451. The standard InChI is InChI=1S/C24H44O5/c1-4-5-6-7-8-9-10-11-12-13-14-15-16-17-19-24(27-3)20-18-22(28-29-24)21(2)23(25)26/h18,20-22H,4-17,19H2,1-3H3,(H,25,26). The van der Waals surface area contributed by atoms with Crippen molar-refractivity contribution in [3.05, 3.63) is 12.2 Å². The predicted molar refractivity (Wildman–Crippen MR) is 117 cm³/mol. The highest BCUT2D eigenvalue weighted by atomic mass is 17.2. The van der Waals surface area contributed by atoms with E-state index in [1.165, 1.54) is 77.0 Å². The molecule has 1 aliphatic heterocycles. The zero-order chi connectivity index (χ0) is 21.4. The van der Waals surface area contributed by atoms with Crippen LogP contribution < -0.4 is 0 Å². The van der Waals surface area contributed by atoms with E-state index in [1.807, 2.05) is 6.08 Å². The van der Waals surface area contributed by atoms with Crippen molar-refractivity contribution < 1.29 is 24.4 Å². The van der Waals surface area contributed by atoms with Crippen LogP contribution in [0.25, 0.3) is 0 Å². The van der Waals surface area contributed by atoms with Gasteiger partial charge in [0.2, 0.25) is 5.79 Å². The molecule has 0 aromatic rings. The average molecular weight is 413 g/mol. The van der Waals surface area contributed by atoms with Crippen molar-refractivity contribution in [2.45, 2.75) is 122 Å². The first-order valence-corrected chi connectivity index (χ1v) is 11.9. The Labute approximate surface area is 178 Å². The van der Waals surface area contributed by atoms with E-state index < -0.39 is 23.8 Å². The molecule has 0 aliphatic carbocycles. The Hall–Kier alpha value is -0.910. The number of rotatable bonds is 18. The summed E-state index contributed by atoms with van der Waals surface area (Å²) in [7, 11) is 1.60. The molecular formula is C24H44O5. The fraction of sp³-hybridized carbons (Fsp3) is 0.875. The first-order chi connectivity index (χ1) is 14.0. The minimum Gasteiger partial charge on any atom is -0.481 e. The third-order valence-corrected chi connectivity index (χ3v) is 5.95. The van der Waals surface area contributed by atoms with E-state index in [-0.39, 0.29) is 0 Å². The van der Waals surface area contributed by atoms with Crippen LogP contribution in [0.1, 0.15) is 110 Å². The van der Waals surface area contributed by atoms with Gasteiger partial charge < -0.3 is 9.84 Å². The topological polar surface area (TPSA) is 65.0 Å². The van der Waals surface area contributed by atoms with Crippen molar-refractivity contribution in [2.24, 2.45) is 5.92 Å². The van der Waals surface area contributed by atoms with E-state index in [2.05, 4.69) is 6.92 Å². The molecule has 5 nitrogen and oxygen atoms in total. The molecule has 0 saturated carbocycles. The Kier molecular flexibility index (Phi) is 14.3. The number of carboxylic acid groups (broad SMARTS) is 1. The summed E-state index contributed by atoms with van der Waals surface area (Å²) < 4.78 is 5.50. The van der Waals surface area contributed by atoms with Crippen LogP contribution in [-0.2, 0) is 19.3 Å². The minimum atomic E-state index is -0.903. The number of hydrogen-bond donors (Lipinski definition) is 1. The van der Waals surface area contributed by atoms with Gasteiger partial charge in [-0.25, -0.2) is 4.89 Å². The van der Waals surface area contributed by atoms with Crippen molar-refractivity contribution in [1.29, 1.82) is 0 Å². The summed E-state index contributed by atoms with van der Waals surface area (Å²) in [5, 5.41) is 9.07. The van der Waals surface area contributed by atoms with Crippen LogP contribution in [0.4, 0.5) is 0 Å². The predicted octanol–water partition coefficient (Wildman–Crippen LogP) is 6.81. The van der Waals surface area contributed by atoms with Crippen LogP contribution in [0.15, 0.2) is 12.2 Å². The molecule has 0 saturated heterocycles. The monoisotopic (exact) mass is 412 g/mol. The second-order valence-electron chi connectivity index (χ2n) is 8.49. The largest absolute Gasteiger partial charge is 0.481 e. The van der Waals surface area contributed by atoms with Gasteiger partial charge in [0.1, 0.15) is 6.10 Å². The van der Waals surface area contributed by atoms with Crippen molar-refractivity contribution in [3.63, 3.8) is 0 Å². The van der Waals surface area contributed by atoms with E-state index in [9.17, 15) is 4.79 Å². The van der Waals surface area contributed by atoms with E-state index in [0.717, 1.165) is 12.8 Å². The van der Waals surface area contributed by atoms with Gasteiger partial charge in [0.25, 0.3) is 0 Å². The molecule has 5 heteroatoms. The molecule has 0 aromatic carbocycles. The molecule has 29 heavy (non-hydrogen) atoms. The van der Waals surface area contributed by atoms with E-state index >= 15 is 0 Å². The van der Waals surface area contributed by atoms with Gasteiger partial charge in [0.15, 0.2) is 0 Å². The third kappa shape index (κ3) is 11.2. The van der Waals surface area contributed by atoms with Crippen LogP contribution in [-0.4, -0.2) is 30.1 Å². The molecule has 1 rings (SSSR count). The number of carboxylic acids is 1. The van der Waals surface area contributed by atoms with Crippen molar-refractivity contribution in [3.8, 4) is 0 Å². The van der Waals surface area contributed by atoms with Crippen LogP contribution in [0, 0.1) is 5.92 Å². The molecule has 0 fully saturated rings. The number of methoxy groups -OCH3 is 1. The number of carbonyl (C=O) groups is 1. The van der Waals surface area contributed by atoms with Crippen LogP contribution in [0.5, 0.6) is 0 Å². The van der Waals surface area contributed by atoms with Gasteiger partial charge in [-0.2, -0.15) is 4.89 Å². The molecular weight excluding hydrogens is 368 g/mol. The molecule has 0 spiro atoms. The number of unbranched alkanes of at least 4 members (excludes halogenated alkanes) is 13. The smallest absolute Gasteiger partial charge is 0.309 e. The second-order valence-corrected chi connectivity index (χ2v) is 8.49. The Morgan fingerprint density at radius 1 is 0.966 bits per heavy atom. The molecule has 1 heterocycles. The lowest BCUT2D eigenvalue weighted by molar-refractivity contribution is -0.432. The molecule has 1 N–H and O–H groups in total. The van der Waals surface area contributed by atoms with Gasteiger partial charge >= 0.3 is 5.97 Å². The van der Waals surface area contributed by atoms with E-state index in [4.69, 9.17) is 19.6 Å². The highest BCUT2D eigenvalue weighted by Gasteiger charge is 2.36. The Balaban J connectivity index is 2.02. The number of ether oxygens (including phenoxy) is 1. The highest BCUT2D eigenvalue weighted by molar-refractivity contribution is 5.70. The van der Waals surface area contributed by atoms with Gasteiger partial charge in [-0.15, -0.1) is 0 Å². The minimum absolute atomic E-state index is 0.577. The lowest BCUT2D eigenvalue weighted by Gasteiger charge is -2.34. The summed E-state index contributed by atoms with van der Waals surface area (Å²) in [5.74, 6) is -2.44. The summed E-state index contributed by atoms with van der Waals surface area (Å²) in [6.45, 7) is 3.87. The summed E-state index contributed by atoms with van der Waals surface area (Å²) in [5.41, 5.74) is 0.